The molecule has 86 valence electrons. The Morgan fingerprint density at radius 2 is 2.53 bits per heavy atom. The standard InChI is InChI=1S/C11H20N2O2/c1-3-5-12-8-11(14)13-6-7-15-10(4-2)9-13/h3,10,12H,1,4-9H2,2H3. The van der Waals surface area contributed by atoms with Crippen LogP contribution in [0.1, 0.15) is 13.3 Å². The summed E-state index contributed by atoms with van der Waals surface area (Å²) in [5, 5.41) is 3.01. The summed E-state index contributed by atoms with van der Waals surface area (Å²) in [6.45, 7) is 8.83. The van der Waals surface area contributed by atoms with E-state index in [1.165, 1.54) is 0 Å². The van der Waals surface area contributed by atoms with Gasteiger partial charge >= 0.3 is 0 Å². The van der Waals surface area contributed by atoms with E-state index in [9.17, 15) is 4.79 Å². The second kappa shape index (κ2) is 6.58. The highest BCUT2D eigenvalue weighted by Crippen LogP contribution is 2.07. The number of rotatable bonds is 5. The fourth-order valence-electron chi connectivity index (χ4n) is 1.59. The molecule has 0 aromatic heterocycles. The highest BCUT2D eigenvalue weighted by molar-refractivity contribution is 5.78. The average Bonchev–Trinajstić information content (AvgIpc) is 2.29. The predicted molar refractivity (Wildman–Crippen MR) is 59.7 cm³/mol. The Balaban J connectivity index is 2.28. The Hall–Kier alpha value is -0.870. The fraction of sp³-hybridized carbons (Fsp3) is 0.727. The minimum absolute atomic E-state index is 0.151. The van der Waals surface area contributed by atoms with E-state index < -0.39 is 0 Å². The van der Waals surface area contributed by atoms with Gasteiger partial charge in [0.05, 0.1) is 19.3 Å². The lowest BCUT2D eigenvalue weighted by Gasteiger charge is -2.32. The highest BCUT2D eigenvalue weighted by atomic mass is 16.5. The topological polar surface area (TPSA) is 41.6 Å². The van der Waals surface area contributed by atoms with Gasteiger partial charge in [0.2, 0.25) is 5.91 Å². The molecule has 1 aliphatic heterocycles. The summed E-state index contributed by atoms with van der Waals surface area (Å²) in [4.78, 5) is 13.6. The zero-order valence-electron chi connectivity index (χ0n) is 9.37. The smallest absolute Gasteiger partial charge is 0.236 e. The van der Waals surface area contributed by atoms with Crippen molar-refractivity contribution in [3.8, 4) is 0 Å². The average molecular weight is 212 g/mol. The molecule has 0 saturated carbocycles. The molecule has 0 aromatic rings. The van der Waals surface area contributed by atoms with Crippen molar-refractivity contribution in [2.45, 2.75) is 19.4 Å². The van der Waals surface area contributed by atoms with E-state index in [0.29, 0.717) is 26.2 Å². The molecule has 0 aliphatic carbocycles. The first kappa shape index (κ1) is 12.2. The molecule has 1 aliphatic rings. The summed E-state index contributed by atoms with van der Waals surface area (Å²) >= 11 is 0. The Kier molecular flexibility index (Phi) is 5.36. The number of nitrogens with one attached hydrogen (secondary N) is 1. The van der Waals surface area contributed by atoms with Crippen molar-refractivity contribution < 1.29 is 9.53 Å². The van der Waals surface area contributed by atoms with Gasteiger partial charge in [0.15, 0.2) is 0 Å². The van der Waals surface area contributed by atoms with E-state index in [0.717, 1.165) is 13.0 Å². The molecule has 4 nitrogen and oxygen atoms in total. The summed E-state index contributed by atoms with van der Waals surface area (Å²) in [5.41, 5.74) is 0. The summed E-state index contributed by atoms with van der Waals surface area (Å²) in [6, 6.07) is 0. The third kappa shape index (κ3) is 4.01. The van der Waals surface area contributed by atoms with E-state index in [1.807, 2.05) is 4.90 Å². The minimum atomic E-state index is 0.151. The van der Waals surface area contributed by atoms with Crippen molar-refractivity contribution in [3.63, 3.8) is 0 Å². The number of ether oxygens (including phenoxy) is 1. The van der Waals surface area contributed by atoms with Gasteiger partial charge in [-0.25, -0.2) is 0 Å². The molecule has 1 rings (SSSR count). The van der Waals surface area contributed by atoms with Crippen LogP contribution in [0.25, 0.3) is 0 Å². The van der Waals surface area contributed by atoms with E-state index >= 15 is 0 Å². The van der Waals surface area contributed by atoms with Gasteiger partial charge in [-0.15, -0.1) is 6.58 Å². The Morgan fingerprint density at radius 3 is 3.20 bits per heavy atom. The largest absolute Gasteiger partial charge is 0.375 e. The second-order valence-electron chi connectivity index (χ2n) is 3.66. The molecule has 1 heterocycles. The zero-order chi connectivity index (χ0) is 11.1. The molecule has 4 heteroatoms. The highest BCUT2D eigenvalue weighted by Gasteiger charge is 2.22. The number of carbonyl (C=O) groups excluding carboxylic acids is 1. The Labute approximate surface area is 91.3 Å². The number of hydrogen-bond donors (Lipinski definition) is 1. The van der Waals surface area contributed by atoms with Crippen LogP contribution in [0.4, 0.5) is 0 Å². The fourth-order valence-corrected chi connectivity index (χ4v) is 1.59. The van der Waals surface area contributed by atoms with Gasteiger partial charge in [0.1, 0.15) is 0 Å². The van der Waals surface area contributed by atoms with Crippen LogP contribution in [-0.2, 0) is 9.53 Å². The van der Waals surface area contributed by atoms with Crippen LogP contribution in [0, 0.1) is 0 Å². The number of nitrogens with zero attached hydrogens (tertiary/aromatic N) is 1. The van der Waals surface area contributed by atoms with E-state index in [-0.39, 0.29) is 12.0 Å². The second-order valence-corrected chi connectivity index (χ2v) is 3.66. The molecule has 1 unspecified atom stereocenters. The first-order valence-electron chi connectivity index (χ1n) is 5.49. The molecule has 1 saturated heterocycles. The molecule has 1 atom stereocenters. The van der Waals surface area contributed by atoms with Gasteiger partial charge in [0, 0.05) is 19.6 Å². The number of morpholine rings is 1. The minimum Gasteiger partial charge on any atom is -0.375 e. The van der Waals surface area contributed by atoms with Crippen LogP contribution in [0.5, 0.6) is 0 Å². The van der Waals surface area contributed by atoms with Crippen LogP contribution in [-0.4, -0.2) is 49.7 Å². The first-order valence-corrected chi connectivity index (χ1v) is 5.49. The van der Waals surface area contributed by atoms with Gasteiger partial charge in [-0.2, -0.15) is 0 Å². The molecular weight excluding hydrogens is 192 g/mol. The number of amides is 1. The van der Waals surface area contributed by atoms with Gasteiger partial charge in [-0.05, 0) is 6.42 Å². The SMILES string of the molecule is C=CCNCC(=O)N1CCOC(CC)C1. The zero-order valence-corrected chi connectivity index (χ0v) is 9.37. The quantitative estimate of drug-likeness (QED) is 0.530. The van der Waals surface area contributed by atoms with Gasteiger partial charge < -0.3 is 15.0 Å². The maximum atomic E-state index is 11.7. The van der Waals surface area contributed by atoms with Crippen LogP contribution in [0.2, 0.25) is 0 Å². The Bertz CT molecular complexity index is 219. The predicted octanol–water partition coefficient (Wildman–Crippen LogP) is 0.399. The van der Waals surface area contributed by atoms with Gasteiger partial charge in [0.25, 0.3) is 0 Å². The maximum Gasteiger partial charge on any atom is 0.236 e. The summed E-state index contributed by atoms with van der Waals surface area (Å²) in [6.07, 6.45) is 2.92. The van der Waals surface area contributed by atoms with Crippen LogP contribution < -0.4 is 5.32 Å². The van der Waals surface area contributed by atoms with Crippen molar-refractivity contribution in [2.75, 3.05) is 32.8 Å². The molecule has 1 N–H and O–H groups in total. The molecular formula is C11H20N2O2. The number of carbonyl (C=O) groups is 1. The first-order chi connectivity index (χ1) is 7.27. The normalized spacial score (nSPS) is 21.4. The molecule has 0 bridgehead atoms. The van der Waals surface area contributed by atoms with Crippen LogP contribution >= 0.6 is 0 Å². The van der Waals surface area contributed by atoms with Crippen LogP contribution in [0.3, 0.4) is 0 Å². The van der Waals surface area contributed by atoms with Crippen molar-refractivity contribution in [1.82, 2.24) is 10.2 Å². The summed E-state index contributed by atoms with van der Waals surface area (Å²) in [5.74, 6) is 0.151. The summed E-state index contributed by atoms with van der Waals surface area (Å²) in [7, 11) is 0. The molecule has 0 spiro atoms. The molecule has 0 aromatic carbocycles. The van der Waals surface area contributed by atoms with Gasteiger partial charge in [-0.3, -0.25) is 4.79 Å². The lowest BCUT2D eigenvalue weighted by molar-refractivity contribution is -0.137. The summed E-state index contributed by atoms with van der Waals surface area (Å²) < 4.78 is 5.50. The molecule has 15 heavy (non-hydrogen) atoms. The van der Waals surface area contributed by atoms with Crippen molar-refractivity contribution >= 4 is 5.91 Å². The lowest BCUT2D eigenvalue weighted by Crippen LogP contribution is -2.48. The third-order valence-electron chi connectivity index (χ3n) is 2.51. The Morgan fingerprint density at radius 1 is 1.73 bits per heavy atom. The molecule has 1 amide bonds. The lowest BCUT2D eigenvalue weighted by atomic mass is 10.2. The van der Waals surface area contributed by atoms with Crippen LogP contribution in [0.15, 0.2) is 12.7 Å². The molecule has 0 radical (unpaired) electrons. The third-order valence-corrected chi connectivity index (χ3v) is 2.51. The van der Waals surface area contributed by atoms with Gasteiger partial charge in [-0.1, -0.05) is 13.0 Å². The van der Waals surface area contributed by atoms with E-state index in [2.05, 4.69) is 18.8 Å². The van der Waals surface area contributed by atoms with Crippen molar-refractivity contribution in [1.29, 1.82) is 0 Å². The van der Waals surface area contributed by atoms with E-state index in [1.54, 1.807) is 6.08 Å². The maximum absolute atomic E-state index is 11.7. The molecule has 1 fully saturated rings. The number of hydrogen-bond acceptors (Lipinski definition) is 3. The monoisotopic (exact) mass is 212 g/mol. The van der Waals surface area contributed by atoms with Crippen molar-refractivity contribution in [2.24, 2.45) is 0 Å². The van der Waals surface area contributed by atoms with Crippen molar-refractivity contribution in [3.05, 3.63) is 12.7 Å². The van der Waals surface area contributed by atoms with E-state index in [4.69, 9.17) is 4.74 Å².